The minimum Gasteiger partial charge on any atom is -0.348 e. The Balaban J connectivity index is 2.05. The Hall–Kier alpha value is -2.72. The third kappa shape index (κ3) is 5.71. The van der Waals surface area contributed by atoms with E-state index in [1.807, 2.05) is 50.2 Å². The molecule has 4 nitrogen and oxygen atoms in total. The molecule has 0 aliphatic heterocycles. The Labute approximate surface area is 192 Å². The molecule has 3 aromatic rings. The number of thioether (sulfide) groups is 1. The average molecular weight is 469 g/mol. The summed E-state index contributed by atoms with van der Waals surface area (Å²) in [4.78, 5) is -0.253. The largest absolute Gasteiger partial charge is 0.348 e. The lowest BCUT2D eigenvalue weighted by atomic mass is 10.2. The fourth-order valence-corrected chi connectivity index (χ4v) is 5.58. The average Bonchev–Trinajstić information content (AvgIpc) is 2.75. The van der Waals surface area contributed by atoms with E-state index in [-0.39, 0.29) is 14.8 Å². The van der Waals surface area contributed by atoms with Crippen molar-refractivity contribution in [2.24, 2.45) is 0 Å². The number of nitrogens with zero attached hydrogens (tertiary/aromatic N) is 1. The summed E-state index contributed by atoms with van der Waals surface area (Å²) < 4.78 is 26.4. The maximum Gasteiger partial charge on any atom is 0.219 e. The summed E-state index contributed by atoms with van der Waals surface area (Å²) in [6, 6.07) is 23.2. The van der Waals surface area contributed by atoms with Crippen molar-refractivity contribution in [1.29, 1.82) is 5.26 Å². The second kappa shape index (κ2) is 10.1. The van der Waals surface area contributed by atoms with Gasteiger partial charge in [-0.3, -0.25) is 0 Å². The van der Waals surface area contributed by atoms with E-state index >= 15 is 0 Å². The van der Waals surface area contributed by atoms with Gasteiger partial charge in [-0.05, 0) is 49.2 Å². The Kier molecular flexibility index (Phi) is 7.45. The lowest BCUT2D eigenvalue weighted by molar-refractivity contribution is 0.603. The van der Waals surface area contributed by atoms with E-state index in [0.717, 1.165) is 16.7 Å². The summed E-state index contributed by atoms with van der Waals surface area (Å²) in [5.41, 5.74) is 3.65. The molecular formula is C24H21ClN2O2S2. The summed E-state index contributed by atoms with van der Waals surface area (Å²) in [7, 11) is -4.00. The van der Waals surface area contributed by atoms with Gasteiger partial charge in [-0.25, -0.2) is 8.42 Å². The summed E-state index contributed by atoms with van der Waals surface area (Å²) >= 11 is 7.51. The summed E-state index contributed by atoms with van der Waals surface area (Å²) in [5, 5.41) is 13.8. The maximum absolute atomic E-state index is 13.2. The Bertz CT molecular complexity index is 1260. The van der Waals surface area contributed by atoms with Crippen LogP contribution in [0.15, 0.2) is 87.6 Å². The molecule has 7 heteroatoms. The van der Waals surface area contributed by atoms with E-state index in [1.165, 1.54) is 23.9 Å². The molecule has 3 rings (SSSR count). The van der Waals surface area contributed by atoms with Gasteiger partial charge in [-0.2, -0.15) is 5.26 Å². The summed E-state index contributed by atoms with van der Waals surface area (Å²) in [6.45, 7) is 3.88. The van der Waals surface area contributed by atoms with E-state index in [9.17, 15) is 13.7 Å². The van der Waals surface area contributed by atoms with Gasteiger partial charge in [0.05, 0.1) is 4.90 Å². The van der Waals surface area contributed by atoms with Crippen molar-refractivity contribution in [3.8, 4) is 6.07 Å². The monoisotopic (exact) mass is 468 g/mol. The number of hydrogen-bond donors (Lipinski definition) is 1. The van der Waals surface area contributed by atoms with Crippen LogP contribution in [0.2, 0.25) is 5.02 Å². The minimum atomic E-state index is -4.00. The van der Waals surface area contributed by atoms with Crippen molar-refractivity contribution < 1.29 is 8.42 Å². The maximum atomic E-state index is 13.2. The molecule has 31 heavy (non-hydrogen) atoms. The first-order valence-corrected chi connectivity index (χ1v) is 12.3. The number of sulfone groups is 1. The second-order valence-electron chi connectivity index (χ2n) is 6.95. The highest BCUT2D eigenvalue weighted by Gasteiger charge is 2.25. The number of rotatable bonds is 7. The van der Waals surface area contributed by atoms with E-state index in [2.05, 4.69) is 5.32 Å². The molecule has 0 aromatic heterocycles. The van der Waals surface area contributed by atoms with Crippen LogP contribution in [0.1, 0.15) is 16.7 Å². The predicted molar refractivity (Wildman–Crippen MR) is 129 cm³/mol. The van der Waals surface area contributed by atoms with Gasteiger partial charge >= 0.3 is 0 Å². The molecule has 158 valence electrons. The number of anilines is 1. The smallest absolute Gasteiger partial charge is 0.219 e. The van der Waals surface area contributed by atoms with Crippen molar-refractivity contribution in [3.05, 3.63) is 104 Å². The number of nitrogens with one attached hydrogen (secondary N) is 1. The molecular weight excluding hydrogens is 448 g/mol. The molecule has 0 bridgehead atoms. The molecule has 3 aromatic carbocycles. The van der Waals surface area contributed by atoms with Crippen LogP contribution < -0.4 is 5.32 Å². The number of aryl methyl sites for hydroxylation is 2. The van der Waals surface area contributed by atoms with Gasteiger partial charge in [-0.15, -0.1) is 11.8 Å². The van der Waals surface area contributed by atoms with Crippen LogP contribution in [0.3, 0.4) is 0 Å². The Morgan fingerprint density at radius 3 is 2.42 bits per heavy atom. The SMILES string of the molecule is Cc1cccc(CSC(Nc2ccc(C)c(Cl)c2)=C(C#N)S(=O)(=O)c2ccccc2)c1. The van der Waals surface area contributed by atoms with Gasteiger partial charge in [0.25, 0.3) is 0 Å². The topological polar surface area (TPSA) is 70.0 Å². The summed E-state index contributed by atoms with van der Waals surface area (Å²) in [6.07, 6.45) is 0. The van der Waals surface area contributed by atoms with Gasteiger partial charge in [-0.1, -0.05) is 65.7 Å². The first kappa shape index (κ1) is 23.0. The van der Waals surface area contributed by atoms with Gasteiger partial charge < -0.3 is 5.32 Å². The van der Waals surface area contributed by atoms with E-state index in [1.54, 1.807) is 30.3 Å². The fraction of sp³-hybridized carbons (Fsp3) is 0.125. The van der Waals surface area contributed by atoms with Crippen molar-refractivity contribution in [2.75, 3.05) is 5.32 Å². The van der Waals surface area contributed by atoms with Gasteiger partial charge in [0.15, 0.2) is 4.91 Å². The minimum absolute atomic E-state index is 0.0731. The van der Waals surface area contributed by atoms with Crippen LogP contribution in [0, 0.1) is 25.2 Å². The van der Waals surface area contributed by atoms with Crippen molar-refractivity contribution in [1.82, 2.24) is 0 Å². The normalized spacial score (nSPS) is 12.1. The van der Waals surface area contributed by atoms with Crippen molar-refractivity contribution >= 4 is 38.9 Å². The van der Waals surface area contributed by atoms with Crippen LogP contribution in [-0.2, 0) is 15.6 Å². The third-order valence-electron chi connectivity index (χ3n) is 4.53. The molecule has 0 aliphatic carbocycles. The van der Waals surface area contributed by atoms with Crippen molar-refractivity contribution in [2.45, 2.75) is 24.5 Å². The number of benzene rings is 3. The number of allylic oxidation sites excluding steroid dienone is 1. The first-order chi connectivity index (χ1) is 14.8. The van der Waals surface area contributed by atoms with E-state index in [4.69, 9.17) is 11.6 Å². The Morgan fingerprint density at radius 1 is 1.03 bits per heavy atom. The lowest BCUT2D eigenvalue weighted by Crippen LogP contribution is -2.10. The molecule has 0 saturated heterocycles. The third-order valence-corrected chi connectivity index (χ3v) is 7.86. The molecule has 0 radical (unpaired) electrons. The fourth-order valence-electron chi connectivity index (χ4n) is 2.87. The molecule has 0 heterocycles. The predicted octanol–water partition coefficient (Wildman–Crippen LogP) is 6.47. The molecule has 1 N–H and O–H groups in total. The number of nitriles is 1. The van der Waals surface area contributed by atoms with Crippen molar-refractivity contribution in [3.63, 3.8) is 0 Å². The van der Waals surface area contributed by atoms with Crippen LogP contribution >= 0.6 is 23.4 Å². The molecule has 0 atom stereocenters. The zero-order valence-corrected chi connectivity index (χ0v) is 19.5. The zero-order valence-electron chi connectivity index (χ0n) is 17.1. The highest BCUT2D eigenvalue weighted by molar-refractivity contribution is 8.04. The van der Waals surface area contributed by atoms with E-state index in [0.29, 0.717) is 16.5 Å². The van der Waals surface area contributed by atoms with Crippen LogP contribution in [0.25, 0.3) is 0 Å². The van der Waals surface area contributed by atoms with Gasteiger partial charge in [0, 0.05) is 16.5 Å². The van der Waals surface area contributed by atoms with Crippen LogP contribution in [-0.4, -0.2) is 8.42 Å². The quantitative estimate of drug-likeness (QED) is 0.402. The van der Waals surface area contributed by atoms with Crippen LogP contribution in [0.5, 0.6) is 0 Å². The molecule has 0 spiro atoms. The molecule has 0 aliphatic rings. The first-order valence-electron chi connectivity index (χ1n) is 9.47. The molecule has 0 unspecified atom stereocenters. The van der Waals surface area contributed by atoms with Crippen LogP contribution in [0.4, 0.5) is 5.69 Å². The highest BCUT2D eigenvalue weighted by atomic mass is 35.5. The standard InChI is InChI=1S/C24H21ClN2O2S2/c1-17-7-6-8-19(13-17)16-30-24(27-20-12-11-18(2)22(25)14-20)23(15-26)31(28,29)21-9-4-3-5-10-21/h3-14,27H,16H2,1-2H3. The number of hydrogen-bond acceptors (Lipinski definition) is 5. The lowest BCUT2D eigenvalue weighted by Gasteiger charge is -2.15. The molecule has 0 amide bonds. The molecule has 0 fully saturated rings. The zero-order chi connectivity index (χ0) is 22.4. The number of halogens is 1. The Morgan fingerprint density at radius 2 is 1.77 bits per heavy atom. The van der Waals surface area contributed by atoms with Gasteiger partial charge in [0.1, 0.15) is 11.1 Å². The van der Waals surface area contributed by atoms with Gasteiger partial charge in [0.2, 0.25) is 9.84 Å². The summed E-state index contributed by atoms with van der Waals surface area (Å²) in [5.74, 6) is 0.499. The second-order valence-corrected chi connectivity index (χ2v) is 10.2. The molecule has 0 saturated carbocycles. The highest BCUT2D eigenvalue weighted by Crippen LogP contribution is 2.32. The van der Waals surface area contributed by atoms with E-state index < -0.39 is 9.84 Å².